The highest BCUT2D eigenvalue weighted by atomic mass is 32.2. The molecule has 1 N–H and O–H groups in total. The molecule has 1 amide bonds. The highest BCUT2D eigenvalue weighted by Crippen LogP contribution is 2.30. The van der Waals surface area contributed by atoms with Gasteiger partial charge in [0.25, 0.3) is 0 Å². The van der Waals surface area contributed by atoms with Crippen LogP contribution in [0.2, 0.25) is 0 Å². The maximum atomic E-state index is 12.7. The Hall–Kier alpha value is -2.75. The zero-order chi connectivity index (χ0) is 21.7. The Kier molecular flexibility index (Phi) is 7.12. The second-order valence-corrected chi connectivity index (χ2v) is 8.17. The lowest BCUT2D eigenvalue weighted by atomic mass is 10.1. The fraction of sp³-hybridized carbons (Fsp3) is 0.316. The summed E-state index contributed by atoms with van der Waals surface area (Å²) in [7, 11) is -2.31. The maximum absolute atomic E-state index is 12.7. The number of sulfonamides is 1. The molecule has 0 radical (unpaired) electrons. The van der Waals surface area contributed by atoms with Crippen molar-refractivity contribution in [1.82, 2.24) is 5.32 Å². The number of benzene rings is 2. The van der Waals surface area contributed by atoms with Crippen molar-refractivity contribution in [3.8, 4) is 5.75 Å². The van der Waals surface area contributed by atoms with Crippen LogP contribution in [0.15, 0.2) is 48.5 Å². The Morgan fingerprint density at radius 2 is 1.66 bits per heavy atom. The van der Waals surface area contributed by atoms with Gasteiger partial charge in [0.2, 0.25) is 15.9 Å². The molecule has 29 heavy (non-hydrogen) atoms. The quantitative estimate of drug-likeness (QED) is 0.699. The third kappa shape index (κ3) is 6.67. The minimum atomic E-state index is -4.53. The monoisotopic (exact) mass is 430 g/mol. The highest BCUT2D eigenvalue weighted by molar-refractivity contribution is 7.92. The molecule has 6 nitrogen and oxygen atoms in total. The molecule has 2 rings (SSSR count). The van der Waals surface area contributed by atoms with Crippen LogP contribution >= 0.6 is 0 Å². The number of anilines is 1. The predicted molar refractivity (Wildman–Crippen MR) is 103 cm³/mol. The van der Waals surface area contributed by atoms with Gasteiger partial charge in [0, 0.05) is 6.54 Å². The van der Waals surface area contributed by atoms with Crippen molar-refractivity contribution in [3.05, 3.63) is 59.7 Å². The molecule has 0 unspecified atom stereocenters. The van der Waals surface area contributed by atoms with Gasteiger partial charge in [-0.15, -0.1) is 0 Å². The van der Waals surface area contributed by atoms with Gasteiger partial charge >= 0.3 is 6.18 Å². The fourth-order valence-corrected chi connectivity index (χ4v) is 3.40. The fourth-order valence-electron chi connectivity index (χ4n) is 2.54. The predicted octanol–water partition coefficient (Wildman–Crippen LogP) is 2.84. The van der Waals surface area contributed by atoms with Crippen molar-refractivity contribution in [2.45, 2.75) is 12.6 Å². The SMILES string of the molecule is COc1ccc(CCNC(=O)CN(c2ccc(C(F)(F)F)cc2)S(C)(=O)=O)cc1. The minimum Gasteiger partial charge on any atom is -0.497 e. The van der Waals surface area contributed by atoms with E-state index < -0.39 is 34.2 Å². The first-order chi connectivity index (χ1) is 13.5. The standard InChI is InChI=1S/C19H21F3N2O4S/c1-28-17-9-3-14(4-10-17)11-12-23-18(25)13-24(29(2,26)27)16-7-5-15(6-8-16)19(20,21)22/h3-10H,11-13H2,1-2H3,(H,23,25). The van der Waals surface area contributed by atoms with Crippen molar-refractivity contribution in [1.29, 1.82) is 0 Å². The number of halogens is 3. The lowest BCUT2D eigenvalue weighted by molar-refractivity contribution is -0.137. The number of carbonyl (C=O) groups is 1. The van der Waals surface area contributed by atoms with E-state index in [1.54, 1.807) is 19.2 Å². The third-order valence-electron chi connectivity index (χ3n) is 4.07. The van der Waals surface area contributed by atoms with Crippen LogP contribution in [0.25, 0.3) is 0 Å². The van der Waals surface area contributed by atoms with Gasteiger partial charge in [0.15, 0.2) is 0 Å². The summed E-state index contributed by atoms with van der Waals surface area (Å²) in [5.41, 5.74) is 0.0262. The number of hydrogen-bond acceptors (Lipinski definition) is 4. The molecular formula is C19H21F3N2O4S. The van der Waals surface area contributed by atoms with Crippen LogP contribution in [0.4, 0.5) is 18.9 Å². The smallest absolute Gasteiger partial charge is 0.416 e. The first-order valence-corrected chi connectivity index (χ1v) is 10.4. The lowest BCUT2D eigenvalue weighted by Crippen LogP contribution is -2.41. The molecule has 2 aromatic carbocycles. The topological polar surface area (TPSA) is 75.7 Å². The first kappa shape index (κ1) is 22.5. The Morgan fingerprint density at radius 3 is 2.14 bits per heavy atom. The summed E-state index contributed by atoms with van der Waals surface area (Å²) in [4.78, 5) is 12.2. The van der Waals surface area contributed by atoms with E-state index in [9.17, 15) is 26.4 Å². The largest absolute Gasteiger partial charge is 0.497 e. The number of nitrogens with one attached hydrogen (secondary N) is 1. The molecule has 0 spiro atoms. The number of nitrogens with zero attached hydrogens (tertiary/aromatic N) is 1. The van der Waals surface area contributed by atoms with Crippen molar-refractivity contribution >= 4 is 21.6 Å². The summed E-state index contributed by atoms with van der Waals surface area (Å²) < 4.78 is 67.9. The molecule has 0 bridgehead atoms. The Morgan fingerprint density at radius 1 is 1.07 bits per heavy atom. The summed E-state index contributed by atoms with van der Waals surface area (Å²) in [6.45, 7) is -0.261. The van der Waals surface area contributed by atoms with Gasteiger partial charge in [0.05, 0.1) is 24.6 Å². The maximum Gasteiger partial charge on any atom is 0.416 e. The minimum absolute atomic E-state index is 0.0224. The summed E-state index contributed by atoms with van der Waals surface area (Å²) in [5, 5.41) is 2.61. The van der Waals surface area contributed by atoms with Crippen LogP contribution < -0.4 is 14.4 Å². The van der Waals surface area contributed by atoms with E-state index in [2.05, 4.69) is 5.32 Å². The second kappa shape index (κ2) is 9.17. The summed E-state index contributed by atoms with van der Waals surface area (Å²) >= 11 is 0. The van der Waals surface area contributed by atoms with Gasteiger partial charge < -0.3 is 10.1 Å². The van der Waals surface area contributed by atoms with Gasteiger partial charge in [0.1, 0.15) is 12.3 Å². The van der Waals surface area contributed by atoms with E-state index in [0.29, 0.717) is 12.2 Å². The Bertz CT molecular complexity index is 927. The van der Waals surface area contributed by atoms with E-state index in [4.69, 9.17) is 4.74 Å². The number of hydrogen-bond donors (Lipinski definition) is 1. The molecule has 0 fully saturated rings. The summed E-state index contributed by atoms with van der Waals surface area (Å²) in [5.74, 6) is 0.141. The molecule has 0 aliphatic rings. The van der Waals surface area contributed by atoms with Gasteiger partial charge in [-0.05, 0) is 48.4 Å². The van der Waals surface area contributed by atoms with E-state index in [1.807, 2.05) is 12.1 Å². The van der Waals surface area contributed by atoms with Crippen molar-refractivity contribution in [2.75, 3.05) is 30.8 Å². The zero-order valence-electron chi connectivity index (χ0n) is 15.9. The normalized spacial score (nSPS) is 11.8. The van der Waals surface area contributed by atoms with Crippen LogP contribution in [0.5, 0.6) is 5.75 Å². The molecule has 0 saturated heterocycles. The number of ether oxygens (including phenoxy) is 1. The van der Waals surface area contributed by atoms with Gasteiger partial charge in [-0.1, -0.05) is 12.1 Å². The van der Waals surface area contributed by atoms with Gasteiger partial charge in [-0.25, -0.2) is 8.42 Å². The molecule has 0 aliphatic carbocycles. The van der Waals surface area contributed by atoms with E-state index in [1.165, 1.54) is 0 Å². The molecule has 0 atom stereocenters. The van der Waals surface area contributed by atoms with Crippen LogP contribution in [-0.2, 0) is 27.4 Å². The number of amides is 1. The van der Waals surface area contributed by atoms with E-state index >= 15 is 0 Å². The lowest BCUT2D eigenvalue weighted by Gasteiger charge is -2.22. The van der Waals surface area contributed by atoms with Gasteiger partial charge in [-0.3, -0.25) is 9.10 Å². The third-order valence-corrected chi connectivity index (χ3v) is 5.21. The molecule has 0 aliphatic heterocycles. The number of carbonyl (C=O) groups excluding carboxylic acids is 1. The first-order valence-electron chi connectivity index (χ1n) is 8.55. The summed E-state index contributed by atoms with van der Waals surface area (Å²) in [6.07, 6.45) is -3.13. The van der Waals surface area contributed by atoms with Crippen molar-refractivity contribution in [2.24, 2.45) is 0 Å². The van der Waals surface area contributed by atoms with Crippen LogP contribution in [0, 0.1) is 0 Å². The molecule has 0 heterocycles. The van der Waals surface area contributed by atoms with Crippen LogP contribution in [0.1, 0.15) is 11.1 Å². The molecule has 0 aromatic heterocycles. The molecular weight excluding hydrogens is 409 g/mol. The average Bonchev–Trinajstić information content (AvgIpc) is 2.65. The highest BCUT2D eigenvalue weighted by Gasteiger charge is 2.30. The Balaban J connectivity index is 1.99. The Labute approximate surface area is 167 Å². The van der Waals surface area contributed by atoms with Crippen molar-refractivity contribution in [3.63, 3.8) is 0 Å². The second-order valence-electron chi connectivity index (χ2n) is 6.26. The van der Waals surface area contributed by atoms with Crippen LogP contribution in [0.3, 0.4) is 0 Å². The molecule has 0 saturated carbocycles. The summed E-state index contributed by atoms with van der Waals surface area (Å²) in [6, 6.07) is 10.8. The molecule has 158 valence electrons. The number of rotatable bonds is 8. The molecule has 2 aromatic rings. The van der Waals surface area contributed by atoms with Gasteiger partial charge in [-0.2, -0.15) is 13.2 Å². The van der Waals surface area contributed by atoms with Crippen LogP contribution in [-0.4, -0.2) is 40.8 Å². The van der Waals surface area contributed by atoms with Crippen molar-refractivity contribution < 1.29 is 31.1 Å². The number of methoxy groups -OCH3 is 1. The zero-order valence-corrected chi connectivity index (χ0v) is 16.7. The number of alkyl halides is 3. The molecule has 10 heteroatoms. The van der Waals surface area contributed by atoms with E-state index in [0.717, 1.165) is 40.4 Å². The van der Waals surface area contributed by atoms with E-state index in [-0.39, 0.29) is 12.2 Å². The average molecular weight is 430 g/mol.